The van der Waals surface area contributed by atoms with Gasteiger partial charge in [0.15, 0.2) is 0 Å². The summed E-state index contributed by atoms with van der Waals surface area (Å²) in [6.45, 7) is 0. The van der Waals surface area contributed by atoms with Crippen LogP contribution in [0.1, 0.15) is 1.43 Å². The minimum Gasteiger partial charge on any atom is -1.00 e. The van der Waals surface area contributed by atoms with Crippen molar-refractivity contribution in [1.82, 2.24) is 0 Å². The predicted octanol–water partition coefficient (Wildman–Crippen LogP) is -0.779. The van der Waals surface area contributed by atoms with Gasteiger partial charge in [0.1, 0.15) is 0 Å². The van der Waals surface area contributed by atoms with Crippen LogP contribution in [0.15, 0.2) is 0 Å². The van der Waals surface area contributed by atoms with Crippen molar-refractivity contribution in [2.75, 3.05) is 6.26 Å². The van der Waals surface area contributed by atoms with E-state index in [4.69, 9.17) is 4.55 Å². The molecule has 0 aromatic rings. The molecule has 0 aliphatic carbocycles. The average molecular weight is 278 g/mol. The molecule has 0 atom stereocenters. The summed E-state index contributed by atoms with van der Waals surface area (Å²) in [5.41, 5.74) is 0. The average Bonchev–Trinajstić information content (AvgIpc) is 1.41. The normalized spacial score (nSPS) is 11.1. The molecule has 0 aromatic heterocycles. The van der Waals surface area contributed by atoms with Crippen molar-refractivity contribution in [2.45, 2.75) is 0 Å². The molecule has 0 rings (SSSR count). The third kappa shape index (κ3) is 403000. The van der Waals surface area contributed by atoms with E-state index in [0.717, 1.165) is 0 Å². The maximum atomic E-state index is 9.75. The van der Waals surface area contributed by atoms with Crippen LogP contribution >= 0.6 is 0 Å². The molecule has 0 spiro atoms. The molecule has 0 unspecified atom stereocenters. The van der Waals surface area contributed by atoms with Gasteiger partial charge in [0.05, 0.1) is 6.26 Å². The molecule has 3 nitrogen and oxygen atoms in total. The Bertz CT molecular complexity index is 218. The third-order valence-electron chi connectivity index (χ3n) is 0. The van der Waals surface area contributed by atoms with Crippen LogP contribution in [-0.2, 0) is 10.1 Å². The Balaban J connectivity index is -0.0000000400. The summed E-state index contributed by atoms with van der Waals surface area (Å²) < 4.78 is 104. The summed E-state index contributed by atoms with van der Waals surface area (Å²) in [7, 11) is -15.7. The van der Waals surface area contributed by atoms with Gasteiger partial charge in [0.2, 0.25) is 0 Å². The van der Waals surface area contributed by atoms with Gasteiger partial charge in [0.25, 0.3) is 10.1 Å². The molecule has 0 saturated heterocycles. The van der Waals surface area contributed by atoms with E-state index in [-0.39, 0.29) is 20.3 Å². The molecule has 0 fully saturated rings. The first-order chi connectivity index (χ1) is 6.00. The standard InChI is InChI=1S/CH4O3S.2BF4.Li.H/c1-5(2,3)4;2*2-1(3,4)5;;/h1H3,(H,2,3,4);;;;/q;2*-1;+1;-1. The SMILES string of the molecule is CS(=O)(=O)O.F[B-](F)(F)F.F[B-](F)(F)F.[H-].[Li+]. The summed E-state index contributed by atoms with van der Waals surface area (Å²) in [6, 6.07) is 0. The third-order valence-corrected chi connectivity index (χ3v) is 0. The number of hydrogen-bond donors (Lipinski definition) is 1. The molecule has 0 bridgehead atoms. The van der Waals surface area contributed by atoms with Gasteiger partial charge in [-0.15, -0.1) is 0 Å². The fourth-order valence-electron chi connectivity index (χ4n) is 0. The summed E-state index contributed by atoms with van der Waals surface area (Å²) >= 11 is 0. The molecule has 98 valence electrons. The van der Waals surface area contributed by atoms with Crippen LogP contribution < -0.4 is 18.9 Å². The Morgan fingerprint density at radius 1 is 0.875 bits per heavy atom. The van der Waals surface area contributed by atoms with Crippen molar-refractivity contribution in [2.24, 2.45) is 0 Å². The first-order valence-corrected chi connectivity index (χ1v) is 4.52. The topological polar surface area (TPSA) is 54.4 Å². The fourth-order valence-corrected chi connectivity index (χ4v) is 0. The molecule has 0 amide bonds. The molecule has 1 N–H and O–H groups in total. The van der Waals surface area contributed by atoms with Gasteiger partial charge in [-0.2, -0.15) is 8.42 Å². The summed E-state index contributed by atoms with van der Waals surface area (Å²) in [4.78, 5) is 0. The number of rotatable bonds is 0. The molecule has 16 heavy (non-hydrogen) atoms. The molecule has 0 aliphatic heterocycles. The molecule has 0 aromatic carbocycles. The molecule has 0 heterocycles. The Morgan fingerprint density at radius 3 is 0.875 bits per heavy atom. The van der Waals surface area contributed by atoms with Gasteiger partial charge < -0.3 is 36.0 Å². The summed E-state index contributed by atoms with van der Waals surface area (Å²) in [5, 5.41) is 0. The van der Waals surface area contributed by atoms with Gasteiger partial charge in [0, 0.05) is 0 Å². The van der Waals surface area contributed by atoms with Crippen LogP contribution in [0.3, 0.4) is 0 Å². The van der Waals surface area contributed by atoms with E-state index in [0.29, 0.717) is 6.26 Å². The zero-order valence-electron chi connectivity index (χ0n) is 8.85. The van der Waals surface area contributed by atoms with Crippen LogP contribution in [-0.4, -0.2) is 33.7 Å². The van der Waals surface area contributed by atoms with Crippen molar-refractivity contribution >= 4 is 24.6 Å². The van der Waals surface area contributed by atoms with Gasteiger partial charge in [-0.3, -0.25) is 4.55 Å². The van der Waals surface area contributed by atoms with E-state index in [1.54, 1.807) is 0 Å². The van der Waals surface area contributed by atoms with Crippen LogP contribution in [0.2, 0.25) is 0 Å². The van der Waals surface area contributed by atoms with E-state index in [1.165, 1.54) is 0 Å². The predicted molar refractivity (Wildman–Crippen MR) is 39.0 cm³/mol. The van der Waals surface area contributed by atoms with Crippen molar-refractivity contribution in [3.05, 3.63) is 0 Å². The Labute approximate surface area is 99.2 Å². The van der Waals surface area contributed by atoms with Crippen LogP contribution in [0.25, 0.3) is 0 Å². The smallest absolute Gasteiger partial charge is 1.00 e. The van der Waals surface area contributed by atoms with Gasteiger partial charge in [-0.05, 0) is 0 Å². The minimum atomic E-state index is -6.00. The Kier molecular flexibility index (Phi) is 14.3. The van der Waals surface area contributed by atoms with E-state index in [9.17, 15) is 42.9 Å². The van der Waals surface area contributed by atoms with E-state index < -0.39 is 24.6 Å². The number of halogens is 8. The molecular weight excluding hydrogens is 273 g/mol. The van der Waals surface area contributed by atoms with Crippen molar-refractivity contribution < 1.29 is 67.8 Å². The van der Waals surface area contributed by atoms with Crippen molar-refractivity contribution in [1.29, 1.82) is 0 Å². The first kappa shape index (κ1) is 25.1. The molecular formula is CH5B2F8LiO3S-2. The second kappa shape index (κ2) is 9.14. The molecule has 15 heteroatoms. The first-order valence-electron chi connectivity index (χ1n) is 2.67. The maximum Gasteiger partial charge on any atom is 1.00 e. The Hall–Kier alpha value is 0.0773. The zero-order chi connectivity index (χ0) is 13.5. The van der Waals surface area contributed by atoms with Gasteiger partial charge in [-0.25, -0.2) is 0 Å². The molecule has 0 radical (unpaired) electrons. The summed E-state index contributed by atoms with van der Waals surface area (Å²) in [5.74, 6) is 0. The van der Waals surface area contributed by atoms with Crippen LogP contribution in [0.5, 0.6) is 0 Å². The van der Waals surface area contributed by atoms with Gasteiger partial charge >= 0.3 is 33.4 Å². The molecule has 0 aliphatic rings. The largest absolute Gasteiger partial charge is 1.00 e. The zero-order valence-corrected chi connectivity index (χ0v) is 8.67. The minimum absolute atomic E-state index is 0. The second-order valence-corrected chi connectivity index (χ2v) is 3.19. The summed E-state index contributed by atoms with van der Waals surface area (Å²) in [6.07, 6.45) is 0.715. The monoisotopic (exact) mass is 278 g/mol. The van der Waals surface area contributed by atoms with E-state index in [1.807, 2.05) is 0 Å². The number of hydrogen-bond acceptors (Lipinski definition) is 2. The molecule has 0 saturated carbocycles. The van der Waals surface area contributed by atoms with E-state index >= 15 is 0 Å². The maximum absolute atomic E-state index is 9.75. The Morgan fingerprint density at radius 2 is 0.875 bits per heavy atom. The van der Waals surface area contributed by atoms with Crippen LogP contribution in [0.4, 0.5) is 34.5 Å². The quantitative estimate of drug-likeness (QED) is 0.359. The van der Waals surface area contributed by atoms with Gasteiger partial charge in [-0.1, -0.05) is 0 Å². The van der Waals surface area contributed by atoms with Crippen molar-refractivity contribution in [3.8, 4) is 0 Å². The van der Waals surface area contributed by atoms with Crippen LogP contribution in [0, 0.1) is 0 Å². The van der Waals surface area contributed by atoms with Crippen molar-refractivity contribution in [3.63, 3.8) is 0 Å². The fraction of sp³-hybridized carbons (Fsp3) is 1.00. The van der Waals surface area contributed by atoms with E-state index in [2.05, 4.69) is 0 Å². The second-order valence-electron chi connectivity index (χ2n) is 1.72.